The topological polar surface area (TPSA) is 78.5 Å². The summed E-state index contributed by atoms with van der Waals surface area (Å²) >= 11 is 0. The summed E-state index contributed by atoms with van der Waals surface area (Å²) in [5.41, 5.74) is -0.799. The third kappa shape index (κ3) is 4.31. The Hall–Kier alpha value is -1.43. The predicted molar refractivity (Wildman–Crippen MR) is 71.3 cm³/mol. The fraction of sp³-hybridized carbons (Fsp3) is 0.769. The van der Waals surface area contributed by atoms with Gasteiger partial charge in [-0.15, -0.1) is 0 Å². The Morgan fingerprint density at radius 3 is 2.63 bits per heavy atom. The van der Waals surface area contributed by atoms with Crippen LogP contribution in [-0.4, -0.2) is 47.8 Å². The molecule has 1 rings (SSSR count). The second-order valence-electron chi connectivity index (χ2n) is 5.80. The lowest BCUT2D eigenvalue weighted by atomic mass is 10.0. The monoisotopic (exact) mass is 269 g/mol. The number of carbonyl (C=O) groups excluding carboxylic acids is 3. The van der Waals surface area contributed by atoms with E-state index in [9.17, 15) is 14.4 Å². The second-order valence-corrected chi connectivity index (χ2v) is 5.80. The molecule has 0 saturated carbocycles. The number of hydrogen-bond donors (Lipinski definition) is 2. The van der Waals surface area contributed by atoms with Crippen LogP contribution in [0.1, 0.15) is 34.1 Å². The van der Waals surface area contributed by atoms with Gasteiger partial charge in [-0.05, 0) is 26.2 Å². The molecule has 0 aromatic rings. The molecule has 1 saturated heterocycles. The normalized spacial score (nSPS) is 18.9. The van der Waals surface area contributed by atoms with Crippen LogP contribution in [0.25, 0.3) is 0 Å². The average molecular weight is 269 g/mol. The van der Waals surface area contributed by atoms with E-state index in [1.807, 2.05) is 0 Å². The van der Waals surface area contributed by atoms with Crippen molar-refractivity contribution < 1.29 is 14.4 Å². The maximum absolute atomic E-state index is 12.0. The smallest absolute Gasteiger partial charge is 0.249 e. The molecule has 0 aromatic heterocycles. The zero-order valence-corrected chi connectivity index (χ0v) is 12.1. The van der Waals surface area contributed by atoms with Crippen molar-refractivity contribution in [1.82, 2.24) is 15.5 Å². The van der Waals surface area contributed by atoms with Crippen LogP contribution < -0.4 is 10.6 Å². The van der Waals surface area contributed by atoms with Crippen molar-refractivity contribution >= 4 is 17.7 Å². The number of amides is 3. The summed E-state index contributed by atoms with van der Waals surface area (Å²) in [6.07, 6.45) is 0.876. The molecule has 6 heteroatoms. The molecule has 2 N–H and O–H groups in total. The maximum atomic E-state index is 12.0. The van der Waals surface area contributed by atoms with Crippen molar-refractivity contribution in [3.63, 3.8) is 0 Å². The van der Waals surface area contributed by atoms with Crippen molar-refractivity contribution in [1.29, 1.82) is 0 Å². The quantitative estimate of drug-likeness (QED) is 0.682. The Balaban J connectivity index is 2.52. The van der Waals surface area contributed by atoms with Crippen molar-refractivity contribution in [3.05, 3.63) is 0 Å². The number of nitrogens with one attached hydrogen (secondary N) is 2. The largest absolute Gasteiger partial charge is 0.355 e. The minimum Gasteiger partial charge on any atom is -0.355 e. The van der Waals surface area contributed by atoms with Gasteiger partial charge >= 0.3 is 0 Å². The fourth-order valence-corrected chi connectivity index (χ4v) is 1.78. The van der Waals surface area contributed by atoms with Gasteiger partial charge in [-0.1, -0.05) is 13.8 Å². The average Bonchev–Trinajstić information content (AvgIpc) is 2.30. The first-order valence-electron chi connectivity index (χ1n) is 6.60. The Labute approximate surface area is 113 Å². The molecule has 1 aliphatic rings. The summed E-state index contributed by atoms with van der Waals surface area (Å²) in [7, 11) is 0. The molecule has 0 radical (unpaired) electrons. The lowest BCUT2D eigenvalue weighted by Crippen LogP contribution is -2.64. The molecule has 0 aliphatic carbocycles. The highest BCUT2D eigenvalue weighted by atomic mass is 16.2. The first-order valence-corrected chi connectivity index (χ1v) is 6.60. The minimum atomic E-state index is -0.799. The molecule has 3 amide bonds. The summed E-state index contributed by atoms with van der Waals surface area (Å²) in [6, 6.07) is 0. The number of rotatable bonds is 5. The van der Waals surface area contributed by atoms with E-state index in [0.717, 1.165) is 11.3 Å². The van der Waals surface area contributed by atoms with E-state index in [0.29, 0.717) is 12.5 Å². The molecular formula is C13H23N3O3. The van der Waals surface area contributed by atoms with Gasteiger partial charge in [0.2, 0.25) is 17.7 Å². The molecule has 1 aliphatic heterocycles. The van der Waals surface area contributed by atoms with E-state index in [1.54, 1.807) is 13.8 Å². The van der Waals surface area contributed by atoms with Crippen LogP contribution in [0.4, 0.5) is 0 Å². The number of nitrogens with zero attached hydrogens (tertiary/aromatic N) is 1. The van der Waals surface area contributed by atoms with Gasteiger partial charge in [0.25, 0.3) is 0 Å². The second kappa shape index (κ2) is 6.14. The van der Waals surface area contributed by atoms with Crippen LogP contribution in [0.5, 0.6) is 0 Å². The van der Waals surface area contributed by atoms with Crippen molar-refractivity contribution in [2.45, 2.75) is 39.7 Å². The molecule has 0 bridgehead atoms. The summed E-state index contributed by atoms with van der Waals surface area (Å²) < 4.78 is 0. The highest BCUT2D eigenvalue weighted by molar-refractivity contribution is 6.05. The summed E-state index contributed by atoms with van der Waals surface area (Å²) in [4.78, 5) is 36.5. The molecule has 1 fully saturated rings. The number of hydrogen-bond acceptors (Lipinski definition) is 4. The standard InChI is InChI=1S/C13H23N3O3/c1-9(2)5-6-14-10(17)8-16-11(18)7-15-13(3,4)12(16)19/h9,15H,5-8H2,1-4H3,(H,14,17). The summed E-state index contributed by atoms with van der Waals surface area (Å²) in [6.45, 7) is 7.99. The Kier molecular flexibility index (Phi) is 5.05. The Bertz CT molecular complexity index is 377. The van der Waals surface area contributed by atoms with Crippen LogP contribution in [0.15, 0.2) is 0 Å². The van der Waals surface area contributed by atoms with Crippen LogP contribution >= 0.6 is 0 Å². The van der Waals surface area contributed by atoms with Gasteiger partial charge in [-0.25, -0.2) is 0 Å². The Morgan fingerprint density at radius 1 is 1.42 bits per heavy atom. The molecule has 6 nitrogen and oxygen atoms in total. The van der Waals surface area contributed by atoms with Gasteiger partial charge in [0.05, 0.1) is 12.1 Å². The third-order valence-electron chi connectivity index (χ3n) is 3.11. The number of imide groups is 1. The van der Waals surface area contributed by atoms with Crippen LogP contribution in [0.2, 0.25) is 0 Å². The van der Waals surface area contributed by atoms with Gasteiger partial charge < -0.3 is 5.32 Å². The van der Waals surface area contributed by atoms with Crippen LogP contribution in [-0.2, 0) is 14.4 Å². The molecule has 19 heavy (non-hydrogen) atoms. The molecule has 108 valence electrons. The number of carbonyl (C=O) groups is 3. The lowest BCUT2D eigenvalue weighted by Gasteiger charge is -2.36. The van der Waals surface area contributed by atoms with E-state index in [1.165, 1.54) is 0 Å². The third-order valence-corrected chi connectivity index (χ3v) is 3.11. The van der Waals surface area contributed by atoms with Crippen molar-refractivity contribution in [2.24, 2.45) is 5.92 Å². The zero-order valence-electron chi connectivity index (χ0n) is 12.1. The summed E-state index contributed by atoms with van der Waals surface area (Å²) in [5.74, 6) is -0.507. The van der Waals surface area contributed by atoms with E-state index in [-0.39, 0.29) is 30.8 Å². The SMILES string of the molecule is CC(C)CCNC(=O)CN1C(=O)CNC(C)(C)C1=O. The molecule has 0 aromatic carbocycles. The highest BCUT2D eigenvalue weighted by Gasteiger charge is 2.40. The Morgan fingerprint density at radius 2 is 2.05 bits per heavy atom. The molecule has 1 heterocycles. The van der Waals surface area contributed by atoms with Gasteiger partial charge in [0, 0.05) is 6.54 Å². The van der Waals surface area contributed by atoms with E-state index < -0.39 is 5.54 Å². The molecule has 0 unspecified atom stereocenters. The number of piperazine rings is 1. The molecule has 0 spiro atoms. The van der Waals surface area contributed by atoms with Crippen LogP contribution in [0.3, 0.4) is 0 Å². The molecule has 0 atom stereocenters. The lowest BCUT2D eigenvalue weighted by molar-refractivity contribution is -0.154. The van der Waals surface area contributed by atoms with Crippen molar-refractivity contribution in [3.8, 4) is 0 Å². The van der Waals surface area contributed by atoms with Gasteiger partial charge in [-0.2, -0.15) is 0 Å². The fourth-order valence-electron chi connectivity index (χ4n) is 1.78. The summed E-state index contributed by atoms with van der Waals surface area (Å²) in [5, 5.41) is 5.57. The van der Waals surface area contributed by atoms with Gasteiger partial charge in [-0.3, -0.25) is 24.6 Å². The first kappa shape index (κ1) is 15.6. The van der Waals surface area contributed by atoms with E-state index in [2.05, 4.69) is 24.5 Å². The van der Waals surface area contributed by atoms with Gasteiger partial charge in [0.15, 0.2) is 0 Å². The predicted octanol–water partition coefficient (Wildman–Crippen LogP) is -0.114. The van der Waals surface area contributed by atoms with Crippen LogP contribution in [0, 0.1) is 5.92 Å². The first-order chi connectivity index (χ1) is 8.74. The van der Waals surface area contributed by atoms with E-state index in [4.69, 9.17) is 0 Å². The van der Waals surface area contributed by atoms with Crippen molar-refractivity contribution in [2.75, 3.05) is 19.6 Å². The minimum absolute atomic E-state index is 0.0814. The maximum Gasteiger partial charge on any atom is 0.249 e. The highest BCUT2D eigenvalue weighted by Crippen LogP contribution is 2.12. The zero-order chi connectivity index (χ0) is 14.6. The van der Waals surface area contributed by atoms with E-state index >= 15 is 0 Å². The van der Waals surface area contributed by atoms with Gasteiger partial charge in [0.1, 0.15) is 6.54 Å². The molecular weight excluding hydrogens is 246 g/mol.